The lowest BCUT2D eigenvalue weighted by atomic mass is 9.99. The monoisotopic (exact) mass is 326 g/mol. The van der Waals surface area contributed by atoms with Gasteiger partial charge in [0.05, 0.1) is 25.3 Å². The van der Waals surface area contributed by atoms with Gasteiger partial charge < -0.3 is 15.0 Å². The number of halogens is 1. The molecule has 1 saturated heterocycles. The molecule has 0 spiro atoms. The molecule has 0 unspecified atom stereocenters. The number of hydrogen-bond donors (Lipinski definition) is 1. The number of ether oxygens (including phenoxy) is 1. The van der Waals surface area contributed by atoms with Gasteiger partial charge in [0.15, 0.2) is 0 Å². The molecule has 0 radical (unpaired) electrons. The third-order valence-corrected chi connectivity index (χ3v) is 4.57. The second-order valence-electron chi connectivity index (χ2n) is 5.94. The van der Waals surface area contributed by atoms with Crippen molar-refractivity contribution in [2.75, 3.05) is 20.3 Å². The highest BCUT2D eigenvalue weighted by Gasteiger charge is 2.39. The molecule has 1 amide bonds. The zero-order valence-electron chi connectivity index (χ0n) is 12.9. The Morgan fingerprint density at radius 1 is 1.27 bits per heavy atom. The van der Waals surface area contributed by atoms with Gasteiger partial charge in [0.1, 0.15) is 12.1 Å². The Morgan fingerprint density at radius 2 is 1.82 bits per heavy atom. The van der Waals surface area contributed by atoms with E-state index in [9.17, 15) is 4.79 Å². The van der Waals surface area contributed by atoms with Crippen molar-refractivity contribution in [2.45, 2.75) is 56.1 Å². The molecule has 0 aromatic carbocycles. The molecule has 6 nitrogen and oxygen atoms in total. The zero-order chi connectivity index (χ0) is 15.3. The Morgan fingerprint density at radius 3 is 2.27 bits per heavy atom. The first-order valence-electron chi connectivity index (χ1n) is 7.50. The summed E-state index contributed by atoms with van der Waals surface area (Å²) in [6.07, 6.45) is 5.44. The summed E-state index contributed by atoms with van der Waals surface area (Å²) in [5.41, 5.74) is -0.131. The number of carbonyl (C=O) groups excluding carboxylic acids is 1. The highest BCUT2D eigenvalue weighted by molar-refractivity contribution is 5.85. The summed E-state index contributed by atoms with van der Waals surface area (Å²) >= 11 is 0. The van der Waals surface area contributed by atoms with Crippen LogP contribution in [0.4, 0.5) is 0 Å². The highest BCUT2D eigenvalue weighted by atomic mass is 35.5. The zero-order valence-corrected chi connectivity index (χ0v) is 13.7. The van der Waals surface area contributed by atoms with Crippen LogP contribution in [0.5, 0.6) is 0 Å². The quantitative estimate of drug-likeness (QED) is 0.824. The smallest absolute Gasteiger partial charge is 0.238 e. The van der Waals surface area contributed by atoms with E-state index in [1.165, 1.54) is 4.90 Å². The fourth-order valence-corrected chi connectivity index (χ4v) is 3.47. The largest absolute Gasteiger partial charge is 0.383 e. The Kier molecular flexibility index (Phi) is 7.09. The second-order valence-corrected chi connectivity index (χ2v) is 5.94. The Hall–Kier alpha value is -1.34. The van der Waals surface area contributed by atoms with Gasteiger partial charge in [-0.2, -0.15) is 10.5 Å². The van der Waals surface area contributed by atoms with E-state index in [1.807, 2.05) is 0 Å². The van der Waals surface area contributed by atoms with Crippen molar-refractivity contribution in [3.05, 3.63) is 0 Å². The molecule has 1 saturated carbocycles. The van der Waals surface area contributed by atoms with Crippen LogP contribution in [-0.4, -0.2) is 48.7 Å². The molecule has 122 valence electrons. The Balaban J connectivity index is 0.00000242. The van der Waals surface area contributed by atoms with Gasteiger partial charge in [0, 0.05) is 12.6 Å². The number of rotatable bonds is 5. The first kappa shape index (κ1) is 18.7. The van der Waals surface area contributed by atoms with Crippen LogP contribution in [0.15, 0.2) is 0 Å². The predicted octanol–water partition coefficient (Wildman–Crippen LogP) is 1.36. The van der Waals surface area contributed by atoms with Crippen LogP contribution >= 0.6 is 12.4 Å². The molecule has 2 fully saturated rings. The second kappa shape index (κ2) is 8.33. The summed E-state index contributed by atoms with van der Waals surface area (Å²) < 4.78 is 5.28. The van der Waals surface area contributed by atoms with Gasteiger partial charge in [0.25, 0.3) is 0 Å². The van der Waals surface area contributed by atoms with Gasteiger partial charge in [-0.3, -0.25) is 4.79 Å². The molecule has 1 N–H and O–H groups in total. The molecule has 22 heavy (non-hydrogen) atoms. The number of carbonyl (C=O) groups is 1. The fourth-order valence-electron chi connectivity index (χ4n) is 3.47. The molecule has 0 aromatic rings. The Labute approximate surface area is 137 Å². The summed E-state index contributed by atoms with van der Waals surface area (Å²) in [4.78, 5) is 13.9. The van der Waals surface area contributed by atoms with E-state index < -0.39 is 12.1 Å². The van der Waals surface area contributed by atoms with Crippen molar-refractivity contribution in [1.82, 2.24) is 10.2 Å². The van der Waals surface area contributed by atoms with Gasteiger partial charge in [-0.15, -0.1) is 12.4 Å². The van der Waals surface area contributed by atoms with Crippen LogP contribution in [0.3, 0.4) is 0 Å². The summed E-state index contributed by atoms with van der Waals surface area (Å²) in [7, 11) is 1.67. The van der Waals surface area contributed by atoms with Crippen LogP contribution in [-0.2, 0) is 9.53 Å². The molecule has 0 bridgehead atoms. The fraction of sp³-hybridized carbons (Fsp3) is 0.800. The lowest BCUT2D eigenvalue weighted by molar-refractivity contribution is -0.131. The Bertz CT molecular complexity index is 443. The van der Waals surface area contributed by atoms with Gasteiger partial charge in [-0.05, 0) is 25.7 Å². The van der Waals surface area contributed by atoms with Crippen molar-refractivity contribution in [3.63, 3.8) is 0 Å². The van der Waals surface area contributed by atoms with Gasteiger partial charge in [0.2, 0.25) is 5.91 Å². The summed E-state index contributed by atoms with van der Waals surface area (Å²) in [6, 6.07) is 3.31. The van der Waals surface area contributed by atoms with E-state index >= 15 is 0 Å². The number of amides is 1. The van der Waals surface area contributed by atoms with Crippen molar-refractivity contribution < 1.29 is 9.53 Å². The predicted molar refractivity (Wildman–Crippen MR) is 83.2 cm³/mol. The minimum absolute atomic E-state index is 0. The van der Waals surface area contributed by atoms with E-state index in [2.05, 4.69) is 17.5 Å². The molecule has 2 rings (SSSR count). The van der Waals surface area contributed by atoms with Gasteiger partial charge in [-0.1, -0.05) is 12.8 Å². The molecule has 7 heteroatoms. The molecule has 1 aliphatic carbocycles. The minimum atomic E-state index is -0.467. The lowest BCUT2D eigenvalue weighted by Crippen LogP contribution is -2.52. The van der Waals surface area contributed by atoms with E-state index in [4.69, 9.17) is 15.3 Å². The average molecular weight is 327 g/mol. The van der Waals surface area contributed by atoms with E-state index in [0.29, 0.717) is 19.4 Å². The van der Waals surface area contributed by atoms with Crippen LogP contribution in [0.1, 0.15) is 38.5 Å². The minimum Gasteiger partial charge on any atom is -0.383 e. The standard InChI is InChI=1S/C15H22N4O2.ClH/c1-21-11-15(6-2-3-7-15)18-10-14(20)19-12(8-16)4-5-13(19)9-17;/h12-13,18H,2-7,10-11H2,1H3;1H/t12-,13+;. The molecule has 1 heterocycles. The molecule has 1 aliphatic heterocycles. The van der Waals surface area contributed by atoms with Crippen LogP contribution in [0, 0.1) is 22.7 Å². The molecule has 0 aromatic heterocycles. The molecule has 2 aliphatic rings. The van der Waals surface area contributed by atoms with Crippen LogP contribution < -0.4 is 5.32 Å². The molecule has 2 atom stereocenters. The number of hydrogen-bond acceptors (Lipinski definition) is 5. The van der Waals surface area contributed by atoms with Crippen molar-refractivity contribution in [2.24, 2.45) is 0 Å². The van der Waals surface area contributed by atoms with Gasteiger partial charge >= 0.3 is 0 Å². The first-order chi connectivity index (χ1) is 10.2. The van der Waals surface area contributed by atoms with E-state index in [1.54, 1.807) is 7.11 Å². The number of nitrogens with one attached hydrogen (secondary N) is 1. The maximum Gasteiger partial charge on any atom is 0.238 e. The van der Waals surface area contributed by atoms with Crippen molar-refractivity contribution in [3.8, 4) is 12.1 Å². The third-order valence-electron chi connectivity index (χ3n) is 4.57. The number of nitrogens with zero attached hydrogens (tertiary/aromatic N) is 3. The topological polar surface area (TPSA) is 89.2 Å². The third kappa shape index (κ3) is 3.89. The molecular formula is C15H23ClN4O2. The SMILES string of the molecule is COCC1(NCC(=O)N2[C@H](C#N)CC[C@@H]2C#N)CCCC1.Cl. The first-order valence-corrected chi connectivity index (χ1v) is 7.50. The van der Waals surface area contributed by atoms with E-state index in [-0.39, 0.29) is 30.4 Å². The normalized spacial score (nSPS) is 26.0. The maximum absolute atomic E-state index is 12.4. The lowest BCUT2D eigenvalue weighted by Gasteiger charge is -2.31. The maximum atomic E-state index is 12.4. The van der Waals surface area contributed by atoms with Gasteiger partial charge in [-0.25, -0.2) is 0 Å². The summed E-state index contributed by atoms with van der Waals surface area (Å²) in [6.45, 7) is 0.753. The number of nitriles is 2. The van der Waals surface area contributed by atoms with Crippen LogP contribution in [0.25, 0.3) is 0 Å². The van der Waals surface area contributed by atoms with Crippen LogP contribution in [0.2, 0.25) is 0 Å². The van der Waals surface area contributed by atoms with Crippen molar-refractivity contribution in [1.29, 1.82) is 10.5 Å². The molecular weight excluding hydrogens is 304 g/mol. The summed E-state index contributed by atoms with van der Waals surface area (Å²) in [5, 5.41) is 21.6. The number of likely N-dealkylation sites (tertiary alicyclic amines) is 1. The number of methoxy groups -OCH3 is 1. The van der Waals surface area contributed by atoms with E-state index in [0.717, 1.165) is 25.7 Å². The summed E-state index contributed by atoms with van der Waals surface area (Å²) in [5.74, 6) is -0.159. The van der Waals surface area contributed by atoms with Crippen molar-refractivity contribution >= 4 is 18.3 Å². The average Bonchev–Trinajstić information content (AvgIpc) is 3.11. The highest BCUT2D eigenvalue weighted by Crippen LogP contribution is 2.30.